The first-order valence-electron chi connectivity index (χ1n) is 8.16. The quantitative estimate of drug-likeness (QED) is 0.723. The number of carbonyl (C=O) groups excluding carboxylic acids is 1. The van der Waals surface area contributed by atoms with Crippen LogP contribution < -0.4 is 0 Å². The van der Waals surface area contributed by atoms with Gasteiger partial charge in [0.15, 0.2) is 5.82 Å². The lowest BCUT2D eigenvalue weighted by Gasteiger charge is -2.30. The SMILES string of the molecule is Cc1nc([C@H]2CCCN(C(=O)c3cn4c(C)cccc4n3)C2)no1. The van der Waals surface area contributed by atoms with E-state index in [1.165, 1.54) is 0 Å². The number of carbonyl (C=O) groups is 1. The molecule has 1 aliphatic heterocycles. The van der Waals surface area contributed by atoms with E-state index in [1.807, 2.05) is 40.6 Å². The average Bonchev–Trinajstić information content (AvgIpc) is 3.21. The van der Waals surface area contributed by atoms with Crippen molar-refractivity contribution in [1.82, 2.24) is 24.4 Å². The zero-order chi connectivity index (χ0) is 16.7. The van der Waals surface area contributed by atoms with Crippen molar-refractivity contribution in [2.45, 2.75) is 32.6 Å². The summed E-state index contributed by atoms with van der Waals surface area (Å²) in [5, 5.41) is 4.01. The Hall–Kier alpha value is -2.70. The van der Waals surface area contributed by atoms with E-state index in [0.717, 1.165) is 30.7 Å². The number of amides is 1. The van der Waals surface area contributed by atoms with E-state index in [9.17, 15) is 4.79 Å². The maximum Gasteiger partial charge on any atom is 0.274 e. The summed E-state index contributed by atoms with van der Waals surface area (Å²) in [6.07, 6.45) is 3.71. The number of rotatable bonds is 2. The van der Waals surface area contributed by atoms with Gasteiger partial charge in [0.05, 0.1) is 0 Å². The minimum absolute atomic E-state index is 0.0389. The fourth-order valence-corrected chi connectivity index (χ4v) is 3.27. The highest BCUT2D eigenvalue weighted by atomic mass is 16.5. The first kappa shape index (κ1) is 14.9. The smallest absolute Gasteiger partial charge is 0.274 e. The van der Waals surface area contributed by atoms with Gasteiger partial charge in [-0.25, -0.2) is 4.98 Å². The number of hydrogen-bond acceptors (Lipinski definition) is 5. The summed E-state index contributed by atoms with van der Waals surface area (Å²) in [6, 6.07) is 5.85. The molecule has 0 aromatic carbocycles. The Morgan fingerprint density at radius 2 is 2.17 bits per heavy atom. The average molecular weight is 325 g/mol. The molecule has 1 fully saturated rings. The number of hydrogen-bond donors (Lipinski definition) is 0. The monoisotopic (exact) mass is 325 g/mol. The predicted octanol–water partition coefficient (Wildman–Crippen LogP) is 2.35. The molecule has 0 aliphatic carbocycles. The van der Waals surface area contributed by atoms with E-state index in [1.54, 1.807) is 6.92 Å². The summed E-state index contributed by atoms with van der Waals surface area (Å²) in [7, 11) is 0. The van der Waals surface area contributed by atoms with Crippen molar-refractivity contribution in [3.8, 4) is 0 Å². The molecule has 1 amide bonds. The largest absolute Gasteiger partial charge is 0.340 e. The lowest BCUT2D eigenvalue weighted by atomic mass is 9.97. The van der Waals surface area contributed by atoms with Gasteiger partial charge in [-0.1, -0.05) is 11.2 Å². The standard InChI is InChI=1S/C17H19N5O2/c1-11-5-3-7-15-19-14(10-22(11)15)17(23)21-8-4-6-13(9-21)16-18-12(2)24-20-16/h3,5,7,10,13H,4,6,8-9H2,1-2H3/t13-/m0/s1. The van der Waals surface area contributed by atoms with Crippen LogP contribution in [-0.2, 0) is 0 Å². The molecule has 4 rings (SSSR count). The molecule has 0 unspecified atom stereocenters. The molecule has 1 aliphatic rings. The molecule has 7 heteroatoms. The molecule has 1 saturated heterocycles. The number of imidazole rings is 1. The number of pyridine rings is 1. The Balaban J connectivity index is 1.57. The minimum Gasteiger partial charge on any atom is -0.340 e. The molecule has 0 radical (unpaired) electrons. The Labute approximate surface area is 139 Å². The molecular weight excluding hydrogens is 306 g/mol. The highest BCUT2D eigenvalue weighted by Crippen LogP contribution is 2.26. The van der Waals surface area contributed by atoms with Crippen LogP contribution in [0.4, 0.5) is 0 Å². The topological polar surface area (TPSA) is 76.5 Å². The van der Waals surface area contributed by atoms with Gasteiger partial charge in [0, 0.05) is 37.8 Å². The molecule has 124 valence electrons. The predicted molar refractivity (Wildman–Crippen MR) is 86.8 cm³/mol. The van der Waals surface area contributed by atoms with Gasteiger partial charge in [-0.2, -0.15) is 4.98 Å². The molecule has 0 N–H and O–H groups in total. The van der Waals surface area contributed by atoms with Crippen molar-refractivity contribution in [3.63, 3.8) is 0 Å². The molecule has 3 aromatic rings. The Morgan fingerprint density at radius 3 is 2.92 bits per heavy atom. The second-order valence-corrected chi connectivity index (χ2v) is 6.28. The number of nitrogens with zero attached hydrogens (tertiary/aromatic N) is 5. The molecule has 3 aromatic heterocycles. The molecule has 24 heavy (non-hydrogen) atoms. The number of piperidine rings is 1. The maximum atomic E-state index is 12.8. The summed E-state index contributed by atoms with van der Waals surface area (Å²) in [5.41, 5.74) is 2.33. The fraction of sp³-hybridized carbons (Fsp3) is 0.412. The van der Waals surface area contributed by atoms with Crippen molar-refractivity contribution >= 4 is 11.6 Å². The Kier molecular flexibility index (Phi) is 3.55. The zero-order valence-electron chi connectivity index (χ0n) is 13.8. The van der Waals surface area contributed by atoms with Crippen LogP contribution in [0.3, 0.4) is 0 Å². The lowest BCUT2D eigenvalue weighted by molar-refractivity contribution is 0.0698. The summed E-state index contributed by atoms with van der Waals surface area (Å²) in [5.74, 6) is 1.34. The van der Waals surface area contributed by atoms with Gasteiger partial charge < -0.3 is 13.8 Å². The van der Waals surface area contributed by atoms with Gasteiger partial charge in [0.1, 0.15) is 11.3 Å². The highest BCUT2D eigenvalue weighted by Gasteiger charge is 2.29. The molecule has 7 nitrogen and oxygen atoms in total. The molecule has 1 atom stereocenters. The third-order valence-corrected chi connectivity index (χ3v) is 4.53. The van der Waals surface area contributed by atoms with E-state index < -0.39 is 0 Å². The van der Waals surface area contributed by atoms with Gasteiger partial charge in [-0.3, -0.25) is 4.79 Å². The van der Waals surface area contributed by atoms with Crippen LogP contribution in [0.25, 0.3) is 5.65 Å². The van der Waals surface area contributed by atoms with Crippen LogP contribution in [0.5, 0.6) is 0 Å². The lowest BCUT2D eigenvalue weighted by Crippen LogP contribution is -2.39. The van der Waals surface area contributed by atoms with Crippen molar-refractivity contribution in [2.24, 2.45) is 0 Å². The third-order valence-electron chi connectivity index (χ3n) is 4.53. The van der Waals surface area contributed by atoms with Gasteiger partial charge >= 0.3 is 0 Å². The van der Waals surface area contributed by atoms with E-state index in [-0.39, 0.29) is 11.8 Å². The minimum atomic E-state index is -0.0389. The van der Waals surface area contributed by atoms with Crippen LogP contribution in [-0.4, -0.2) is 43.4 Å². The first-order valence-corrected chi connectivity index (χ1v) is 8.16. The van der Waals surface area contributed by atoms with Gasteiger partial charge in [0.2, 0.25) is 5.89 Å². The van der Waals surface area contributed by atoms with Gasteiger partial charge in [0.25, 0.3) is 5.91 Å². The van der Waals surface area contributed by atoms with Crippen LogP contribution in [0.15, 0.2) is 28.9 Å². The molecule has 0 saturated carbocycles. The first-order chi connectivity index (χ1) is 11.6. The molecule has 0 bridgehead atoms. The zero-order valence-corrected chi connectivity index (χ0v) is 13.8. The molecule has 4 heterocycles. The van der Waals surface area contributed by atoms with Crippen LogP contribution in [0, 0.1) is 13.8 Å². The van der Waals surface area contributed by atoms with E-state index in [4.69, 9.17) is 4.52 Å². The van der Waals surface area contributed by atoms with E-state index in [0.29, 0.717) is 24.0 Å². The van der Waals surface area contributed by atoms with Crippen LogP contribution in [0.2, 0.25) is 0 Å². The fourth-order valence-electron chi connectivity index (χ4n) is 3.27. The summed E-state index contributed by atoms with van der Waals surface area (Å²) < 4.78 is 7.01. The number of aryl methyl sites for hydroxylation is 2. The Bertz CT molecular complexity index is 897. The number of likely N-dealkylation sites (tertiary alicyclic amines) is 1. The third kappa shape index (κ3) is 2.55. The van der Waals surface area contributed by atoms with Crippen molar-refractivity contribution in [1.29, 1.82) is 0 Å². The van der Waals surface area contributed by atoms with Gasteiger partial charge in [-0.15, -0.1) is 0 Å². The Morgan fingerprint density at radius 1 is 1.29 bits per heavy atom. The second-order valence-electron chi connectivity index (χ2n) is 6.28. The number of fused-ring (bicyclic) bond motifs is 1. The number of aromatic nitrogens is 4. The van der Waals surface area contributed by atoms with Crippen molar-refractivity contribution < 1.29 is 9.32 Å². The second kappa shape index (κ2) is 5.74. The van der Waals surface area contributed by atoms with Gasteiger partial charge in [-0.05, 0) is 31.9 Å². The summed E-state index contributed by atoms with van der Waals surface area (Å²) in [6.45, 7) is 5.11. The molecular formula is C17H19N5O2. The summed E-state index contributed by atoms with van der Waals surface area (Å²) in [4.78, 5) is 23.5. The van der Waals surface area contributed by atoms with E-state index in [2.05, 4.69) is 15.1 Å². The molecule has 0 spiro atoms. The highest BCUT2D eigenvalue weighted by molar-refractivity contribution is 5.93. The van der Waals surface area contributed by atoms with Crippen LogP contribution >= 0.6 is 0 Å². The van der Waals surface area contributed by atoms with Crippen molar-refractivity contribution in [2.75, 3.05) is 13.1 Å². The van der Waals surface area contributed by atoms with Crippen LogP contribution in [0.1, 0.15) is 46.7 Å². The maximum absolute atomic E-state index is 12.8. The van der Waals surface area contributed by atoms with E-state index >= 15 is 0 Å². The normalized spacial score (nSPS) is 18.2. The van der Waals surface area contributed by atoms with Crippen molar-refractivity contribution in [3.05, 3.63) is 47.5 Å². The summed E-state index contributed by atoms with van der Waals surface area (Å²) >= 11 is 0.